The summed E-state index contributed by atoms with van der Waals surface area (Å²) in [6.45, 7) is 4.31. The summed E-state index contributed by atoms with van der Waals surface area (Å²) in [7, 11) is 3.21. The van der Waals surface area contributed by atoms with Crippen molar-refractivity contribution in [2.75, 3.05) is 52.0 Å². The van der Waals surface area contributed by atoms with Crippen molar-refractivity contribution in [3.8, 4) is 0 Å². The average molecular weight is 418 g/mol. The first-order chi connectivity index (χ1) is 14.4. The van der Waals surface area contributed by atoms with E-state index in [2.05, 4.69) is 0 Å². The smallest absolute Gasteiger partial charge is 0.257 e. The van der Waals surface area contributed by atoms with Gasteiger partial charge in [-0.3, -0.25) is 19.3 Å². The van der Waals surface area contributed by atoms with Crippen molar-refractivity contribution in [3.05, 3.63) is 29.8 Å². The molecule has 1 aromatic rings. The molecule has 2 aliphatic rings. The van der Waals surface area contributed by atoms with Gasteiger partial charge in [-0.2, -0.15) is 0 Å². The highest BCUT2D eigenvalue weighted by atomic mass is 16.5. The van der Waals surface area contributed by atoms with E-state index in [0.717, 1.165) is 0 Å². The summed E-state index contributed by atoms with van der Waals surface area (Å²) in [6.07, 6.45) is 1.85. The van der Waals surface area contributed by atoms with Crippen LogP contribution in [0.2, 0.25) is 0 Å². The number of fused-ring (bicyclic) bond motifs is 3. The molecule has 164 valence electrons. The second-order valence-corrected chi connectivity index (χ2v) is 7.89. The maximum Gasteiger partial charge on any atom is 0.257 e. The van der Waals surface area contributed by atoms with E-state index in [-0.39, 0.29) is 17.7 Å². The molecular weight excluding hydrogens is 386 g/mol. The average Bonchev–Trinajstić information content (AvgIpc) is 3.05. The molecular formula is C22H31N3O5. The Labute approximate surface area is 177 Å². The molecule has 1 fully saturated rings. The van der Waals surface area contributed by atoms with Gasteiger partial charge in [0.05, 0.1) is 24.5 Å². The molecule has 30 heavy (non-hydrogen) atoms. The van der Waals surface area contributed by atoms with Crippen molar-refractivity contribution in [1.29, 1.82) is 0 Å². The second kappa shape index (κ2) is 9.57. The summed E-state index contributed by atoms with van der Waals surface area (Å²) < 4.78 is 10.2. The lowest BCUT2D eigenvalue weighted by Gasteiger charge is -2.48. The van der Waals surface area contributed by atoms with Gasteiger partial charge in [0.2, 0.25) is 11.8 Å². The third-order valence-electron chi connectivity index (χ3n) is 6.00. The van der Waals surface area contributed by atoms with Crippen LogP contribution in [0.25, 0.3) is 0 Å². The number of hydrogen-bond donors (Lipinski definition) is 0. The minimum atomic E-state index is -0.683. The summed E-state index contributed by atoms with van der Waals surface area (Å²) in [4.78, 5) is 43.8. The summed E-state index contributed by atoms with van der Waals surface area (Å²) >= 11 is 0. The maximum absolute atomic E-state index is 13.2. The zero-order chi connectivity index (χ0) is 21.7. The Morgan fingerprint density at radius 3 is 2.47 bits per heavy atom. The van der Waals surface area contributed by atoms with Crippen LogP contribution in [0.15, 0.2) is 24.3 Å². The van der Waals surface area contributed by atoms with Crippen LogP contribution >= 0.6 is 0 Å². The number of nitrogens with zero attached hydrogens (tertiary/aromatic N) is 3. The van der Waals surface area contributed by atoms with E-state index in [0.29, 0.717) is 69.8 Å². The number of rotatable bonds is 10. The summed E-state index contributed by atoms with van der Waals surface area (Å²) in [5.74, 6) is -0.0376. The quantitative estimate of drug-likeness (QED) is 0.581. The molecule has 2 heterocycles. The van der Waals surface area contributed by atoms with Crippen LogP contribution < -0.4 is 4.90 Å². The van der Waals surface area contributed by atoms with Gasteiger partial charge < -0.3 is 19.3 Å². The largest absolute Gasteiger partial charge is 0.383 e. The number of hydrogen-bond acceptors (Lipinski definition) is 5. The molecule has 1 atom stereocenters. The van der Waals surface area contributed by atoms with Gasteiger partial charge in [0, 0.05) is 46.7 Å². The predicted molar refractivity (Wildman–Crippen MR) is 112 cm³/mol. The van der Waals surface area contributed by atoms with E-state index in [1.165, 1.54) is 0 Å². The molecule has 3 amide bonds. The highest BCUT2D eigenvalue weighted by Crippen LogP contribution is 2.43. The molecule has 2 aliphatic heterocycles. The summed E-state index contributed by atoms with van der Waals surface area (Å²) in [6, 6.07) is 7.25. The Balaban J connectivity index is 1.69. The predicted octanol–water partition coefficient (Wildman–Crippen LogP) is 1.89. The first-order valence-corrected chi connectivity index (χ1v) is 10.4. The number of ether oxygens (including phenoxy) is 2. The lowest BCUT2D eigenvalue weighted by atomic mass is 9.98. The molecule has 0 aliphatic carbocycles. The van der Waals surface area contributed by atoms with E-state index >= 15 is 0 Å². The third kappa shape index (κ3) is 4.20. The molecule has 8 nitrogen and oxygen atoms in total. The van der Waals surface area contributed by atoms with Crippen molar-refractivity contribution in [3.63, 3.8) is 0 Å². The summed E-state index contributed by atoms with van der Waals surface area (Å²) in [5, 5.41) is 0. The normalized spacial score (nSPS) is 20.4. The molecule has 0 saturated carbocycles. The molecule has 1 aromatic carbocycles. The van der Waals surface area contributed by atoms with E-state index in [4.69, 9.17) is 9.47 Å². The number of para-hydroxylation sites is 1. The Morgan fingerprint density at radius 1 is 1.13 bits per heavy atom. The Hall–Kier alpha value is -2.45. The van der Waals surface area contributed by atoms with Crippen LogP contribution in [0, 0.1) is 0 Å². The Morgan fingerprint density at radius 2 is 1.80 bits per heavy atom. The molecule has 8 heteroatoms. The maximum atomic E-state index is 13.2. The number of benzene rings is 1. The molecule has 0 N–H and O–H groups in total. The lowest BCUT2D eigenvalue weighted by Crippen LogP contribution is -2.62. The van der Waals surface area contributed by atoms with Crippen LogP contribution in [0.3, 0.4) is 0 Å². The van der Waals surface area contributed by atoms with Gasteiger partial charge >= 0.3 is 0 Å². The fourth-order valence-electron chi connectivity index (χ4n) is 4.35. The number of anilines is 1. The summed E-state index contributed by atoms with van der Waals surface area (Å²) in [5.41, 5.74) is 0.542. The highest BCUT2D eigenvalue weighted by Gasteiger charge is 2.52. The third-order valence-corrected chi connectivity index (χ3v) is 6.00. The number of amides is 3. The van der Waals surface area contributed by atoms with Gasteiger partial charge in [0.25, 0.3) is 5.91 Å². The number of carbonyl (C=O) groups excluding carboxylic acids is 3. The fourth-order valence-corrected chi connectivity index (χ4v) is 4.35. The van der Waals surface area contributed by atoms with Crippen molar-refractivity contribution in [2.45, 2.75) is 38.3 Å². The van der Waals surface area contributed by atoms with E-state index in [1.54, 1.807) is 35.0 Å². The standard InChI is InChI=1S/C22H31N3O5/c1-22-11-10-20(27)25(22)18-8-5-4-7-17(18)21(28)24(22)12-6-9-19(26)23(13-15-29-2)14-16-30-3/h4-5,7-8H,6,9-16H2,1-3H3. The van der Waals surface area contributed by atoms with Gasteiger partial charge in [-0.25, -0.2) is 0 Å². The fraction of sp³-hybridized carbons (Fsp3) is 0.591. The Bertz CT molecular complexity index is 791. The Kier molecular flexibility index (Phi) is 7.10. The van der Waals surface area contributed by atoms with Gasteiger partial charge in [-0.1, -0.05) is 12.1 Å². The van der Waals surface area contributed by atoms with Crippen LogP contribution in [0.1, 0.15) is 43.0 Å². The lowest BCUT2D eigenvalue weighted by molar-refractivity contribution is -0.132. The van der Waals surface area contributed by atoms with Crippen molar-refractivity contribution in [2.24, 2.45) is 0 Å². The van der Waals surface area contributed by atoms with Gasteiger partial charge in [0.1, 0.15) is 5.66 Å². The van der Waals surface area contributed by atoms with Gasteiger partial charge in [-0.15, -0.1) is 0 Å². The van der Waals surface area contributed by atoms with E-state index in [1.807, 2.05) is 25.1 Å². The minimum Gasteiger partial charge on any atom is -0.383 e. The van der Waals surface area contributed by atoms with Crippen LogP contribution in [-0.2, 0) is 19.1 Å². The second-order valence-electron chi connectivity index (χ2n) is 7.89. The first-order valence-electron chi connectivity index (χ1n) is 10.4. The zero-order valence-corrected chi connectivity index (χ0v) is 18.1. The molecule has 0 spiro atoms. The number of methoxy groups -OCH3 is 2. The van der Waals surface area contributed by atoms with Crippen LogP contribution in [0.5, 0.6) is 0 Å². The molecule has 0 radical (unpaired) electrons. The molecule has 1 saturated heterocycles. The highest BCUT2D eigenvalue weighted by molar-refractivity contribution is 6.10. The molecule has 0 bridgehead atoms. The monoisotopic (exact) mass is 417 g/mol. The molecule has 3 rings (SSSR count). The van der Waals surface area contributed by atoms with Gasteiger partial charge in [-0.05, 0) is 31.9 Å². The van der Waals surface area contributed by atoms with Crippen LogP contribution in [0.4, 0.5) is 5.69 Å². The molecule has 1 unspecified atom stereocenters. The van der Waals surface area contributed by atoms with Gasteiger partial charge in [0.15, 0.2) is 0 Å². The molecule has 0 aromatic heterocycles. The van der Waals surface area contributed by atoms with E-state index in [9.17, 15) is 14.4 Å². The minimum absolute atomic E-state index is 0.0125. The first kappa shape index (κ1) is 22.2. The number of carbonyl (C=O) groups is 3. The van der Waals surface area contributed by atoms with E-state index < -0.39 is 5.66 Å². The SMILES string of the molecule is COCCN(CCOC)C(=O)CCCN1C(=O)c2ccccc2N2C(=O)CCC12C. The zero-order valence-electron chi connectivity index (χ0n) is 18.1. The van der Waals surface area contributed by atoms with Crippen LogP contribution in [-0.4, -0.2) is 80.3 Å². The topological polar surface area (TPSA) is 79.4 Å². The van der Waals surface area contributed by atoms with Crippen molar-refractivity contribution < 1.29 is 23.9 Å². The van der Waals surface area contributed by atoms with Crippen molar-refractivity contribution in [1.82, 2.24) is 9.80 Å². The van der Waals surface area contributed by atoms with Crippen molar-refractivity contribution >= 4 is 23.4 Å².